The van der Waals surface area contributed by atoms with Crippen molar-refractivity contribution < 1.29 is 4.39 Å². The number of hydrogen-bond donors (Lipinski definition) is 1. The first kappa shape index (κ1) is 12.1. The first-order valence-electron chi connectivity index (χ1n) is 5.42. The summed E-state index contributed by atoms with van der Waals surface area (Å²) in [6.07, 6.45) is 0. The first-order chi connectivity index (χ1) is 8.19. The van der Waals surface area contributed by atoms with E-state index < -0.39 is 0 Å². The molecule has 0 unspecified atom stereocenters. The van der Waals surface area contributed by atoms with Crippen molar-refractivity contribution in [3.63, 3.8) is 0 Å². The highest BCUT2D eigenvalue weighted by Gasteiger charge is 2.05. The van der Waals surface area contributed by atoms with Crippen LogP contribution in [0, 0.1) is 12.7 Å². The van der Waals surface area contributed by atoms with Crippen LogP contribution in [0.3, 0.4) is 0 Å². The summed E-state index contributed by atoms with van der Waals surface area (Å²) >= 11 is 1.61. The zero-order chi connectivity index (χ0) is 12.3. The smallest absolute Gasteiger partial charge is 0.123 e. The molecule has 0 aromatic heterocycles. The van der Waals surface area contributed by atoms with Crippen LogP contribution in [0.25, 0.3) is 0 Å². The summed E-state index contributed by atoms with van der Waals surface area (Å²) in [5, 5.41) is 0. The molecular weight excluding hydrogens is 233 g/mol. The van der Waals surface area contributed by atoms with E-state index in [-0.39, 0.29) is 5.82 Å². The van der Waals surface area contributed by atoms with E-state index in [2.05, 4.69) is 19.1 Å². The van der Waals surface area contributed by atoms with Gasteiger partial charge in [0, 0.05) is 16.3 Å². The molecule has 0 saturated heterocycles. The average Bonchev–Trinajstić information content (AvgIpc) is 2.31. The van der Waals surface area contributed by atoms with Crippen LogP contribution in [0.1, 0.15) is 11.1 Å². The van der Waals surface area contributed by atoms with Crippen LogP contribution in [0.5, 0.6) is 0 Å². The predicted molar refractivity (Wildman–Crippen MR) is 69.6 cm³/mol. The molecule has 0 radical (unpaired) electrons. The Morgan fingerprint density at radius 1 is 1.18 bits per heavy atom. The molecule has 0 aliphatic carbocycles. The highest BCUT2D eigenvalue weighted by molar-refractivity contribution is 7.99. The number of benzene rings is 2. The van der Waals surface area contributed by atoms with Crippen molar-refractivity contribution in [3.8, 4) is 0 Å². The lowest BCUT2D eigenvalue weighted by atomic mass is 10.2. The van der Waals surface area contributed by atoms with Gasteiger partial charge in [0.05, 0.1) is 0 Å². The summed E-state index contributed by atoms with van der Waals surface area (Å²) in [5.41, 5.74) is 7.68. The minimum Gasteiger partial charge on any atom is -0.326 e. The number of halogens is 1. The number of aryl methyl sites for hydroxylation is 1. The molecule has 2 aromatic rings. The second-order valence-electron chi connectivity index (χ2n) is 3.87. The van der Waals surface area contributed by atoms with Gasteiger partial charge in [0.15, 0.2) is 0 Å². The van der Waals surface area contributed by atoms with Gasteiger partial charge in [-0.1, -0.05) is 29.5 Å². The largest absolute Gasteiger partial charge is 0.326 e. The minimum absolute atomic E-state index is 0.237. The fourth-order valence-corrected chi connectivity index (χ4v) is 2.67. The van der Waals surface area contributed by atoms with Gasteiger partial charge in [-0.05, 0) is 42.8 Å². The lowest BCUT2D eigenvalue weighted by Gasteiger charge is -2.08. The SMILES string of the molecule is Cc1cccc(Sc2ccc(F)cc2CN)c1. The summed E-state index contributed by atoms with van der Waals surface area (Å²) in [6, 6.07) is 13.0. The molecule has 1 nitrogen and oxygen atoms in total. The second kappa shape index (κ2) is 5.34. The second-order valence-corrected chi connectivity index (χ2v) is 4.99. The fraction of sp³-hybridized carbons (Fsp3) is 0.143. The lowest BCUT2D eigenvalue weighted by Crippen LogP contribution is -1.99. The Hall–Kier alpha value is -1.32. The van der Waals surface area contributed by atoms with E-state index in [9.17, 15) is 4.39 Å². The van der Waals surface area contributed by atoms with E-state index in [1.807, 2.05) is 12.1 Å². The molecule has 0 atom stereocenters. The van der Waals surface area contributed by atoms with Crippen LogP contribution in [0.2, 0.25) is 0 Å². The molecule has 0 heterocycles. The lowest BCUT2D eigenvalue weighted by molar-refractivity contribution is 0.623. The molecule has 17 heavy (non-hydrogen) atoms. The number of hydrogen-bond acceptors (Lipinski definition) is 2. The summed E-state index contributed by atoms with van der Waals surface area (Å²) in [5.74, 6) is -0.237. The third kappa shape index (κ3) is 3.08. The van der Waals surface area contributed by atoms with Crippen LogP contribution < -0.4 is 5.73 Å². The quantitative estimate of drug-likeness (QED) is 0.894. The molecule has 88 valence electrons. The van der Waals surface area contributed by atoms with Crippen molar-refractivity contribution in [1.82, 2.24) is 0 Å². The molecular formula is C14H14FNS. The molecule has 0 fully saturated rings. The third-order valence-electron chi connectivity index (χ3n) is 2.46. The Bertz CT molecular complexity index is 525. The predicted octanol–water partition coefficient (Wildman–Crippen LogP) is 3.74. The van der Waals surface area contributed by atoms with Gasteiger partial charge in [-0.2, -0.15) is 0 Å². The van der Waals surface area contributed by atoms with Gasteiger partial charge in [0.25, 0.3) is 0 Å². The molecule has 2 rings (SSSR count). The van der Waals surface area contributed by atoms with Crippen molar-refractivity contribution in [2.75, 3.05) is 0 Å². The molecule has 0 bridgehead atoms. The topological polar surface area (TPSA) is 26.0 Å². The average molecular weight is 247 g/mol. The van der Waals surface area contributed by atoms with E-state index in [0.717, 1.165) is 15.4 Å². The van der Waals surface area contributed by atoms with Crippen LogP contribution in [0.15, 0.2) is 52.3 Å². The fourth-order valence-electron chi connectivity index (χ4n) is 1.61. The van der Waals surface area contributed by atoms with E-state index in [0.29, 0.717) is 6.54 Å². The van der Waals surface area contributed by atoms with Crippen molar-refractivity contribution in [3.05, 3.63) is 59.4 Å². The Morgan fingerprint density at radius 3 is 2.71 bits per heavy atom. The summed E-state index contributed by atoms with van der Waals surface area (Å²) in [7, 11) is 0. The zero-order valence-corrected chi connectivity index (χ0v) is 10.4. The molecule has 0 spiro atoms. The van der Waals surface area contributed by atoms with Crippen LogP contribution in [0.4, 0.5) is 4.39 Å². The van der Waals surface area contributed by atoms with E-state index in [1.54, 1.807) is 17.8 Å². The van der Waals surface area contributed by atoms with Crippen molar-refractivity contribution >= 4 is 11.8 Å². The molecule has 0 amide bonds. The monoisotopic (exact) mass is 247 g/mol. The van der Waals surface area contributed by atoms with Crippen molar-refractivity contribution in [2.24, 2.45) is 5.73 Å². The Morgan fingerprint density at radius 2 is 2.00 bits per heavy atom. The van der Waals surface area contributed by atoms with Crippen LogP contribution in [-0.4, -0.2) is 0 Å². The first-order valence-corrected chi connectivity index (χ1v) is 6.23. The molecule has 0 saturated carbocycles. The third-order valence-corrected chi connectivity index (χ3v) is 3.57. The maximum Gasteiger partial charge on any atom is 0.123 e. The van der Waals surface area contributed by atoms with Crippen LogP contribution >= 0.6 is 11.8 Å². The van der Waals surface area contributed by atoms with E-state index in [4.69, 9.17) is 5.73 Å². The summed E-state index contributed by atoms with van der Waals surface area (Å²) in [4.78, 5) is 2.16. The van der Waals surface area contributed by atoms with Gasteiger partial charge in [-0.25, -0.2) is 4.39 Å². The van der Waals surface area contributed by atoms with Crippen LogP contribution in [-0.2, 0) is 6.54 Å². The Kier molecular flexibility index (Phi) is 3.82. The standard InChI is InChI=1S/C14H14FNS/c1-10-3-2-4-13(7-10)17-14-6-5-12(15)8-11(14)9-16/h2-8H,9,16H2,1H3. The van der Waals surface area contributed by atoms with Crippen molar-refractivity contribution in [2.45, 2.75) is 23.3 Å². The minimum atomic E-state index is -0.237. The summed E-state index contributed by atoms with van der Waals surface area (Å²) < 4.78 is 13.1. The molecule has 0 aliphatic heterocycles. The van der Waals surface area contributed by atoms with Gasteiger partial charge in [0.1, 0.15) is 5.82 Å². The van der Waals surface area contributed by atoms with Gasteiger partial charge < -0.3 is 5.73 Å². The highest BCUT2D eigenvalue weighted by atomic mass is 32.2. The number of rotatable bonds is 3. The highest BCUT2D eigenvalue weighted by Crippen LogP contribution is 2.31. The van der Waals surface area contributed by atoms with Gasteiger partial charge in [0.2, 0.25) is 0 Å². The van der Waals surface area contributed by atoms with Gasteiger partial charge >= 0.3 is 0 Å². The maximum absolute atomic E-state index is 13.1. The summed E-state index contributed by atoms with van der Waals surface area (Å²) in [6.45, 7) is 2.41. The molecule has 2 N–H and O–H groups in total. The van der Waals surface area contributed by atoms with E-state index in [1.165, 1.54) is 17.7 Å². The Labute approximate surface area is 105 Å². The Balaban J connectivity index is 2.29. The van der Waals surface area contributed by atoms with Gasteiger partial charge in [-0.3, -0.25) is 0 Å². The normalized spacial score (nSPS) is 10.5. The van der Waals surface area contributed by atoms with Crippen molar-refractivity contribution in [1.29, 1.82) is 0 Å². The molecule has 2 aromatic carbocycles. The molecule has 3 heteroatoms. The molecule has 0 aliphatic rings. The zero-order valence-electron chi connectivity index (χ0n) is 9.61. The van der Waals surface area contributed by atoms with Gasteiger partial charge in [-0.15, -0.1) is 0 Å². The number of nitrogens with two attached hydrogens (primary N) is 1. The maximum atomic E-state index is 13.1. The van der Waals surface area contributed by atoms with E-state index >= 15 is 0 Å².